The van der Waals surface area contributed by atoms with Crippen LogP contribution in [0.5, 0.6) is 0 Å². The SMILES string of the molecule is Cc1ccc(Nc2nc3cccc(Cl)c3s2)cn1. The van der Waals surface area contributed by atoms with E-state index >= 15 is 0 Å². The molecule has 2 aromatic heterocycles. The Morgan fingerprint density at radius 2 is 2.11 bits per heavy atom. The quantitative estimate of drug-likeness (QED) is 0.753. The first kappa shape index (κ1) is 11.4. The molecule has 0 aliphatic carbocycles. The minimum Gasteiger partial charge on any atom is -0.330 e. The molecule has 5 heteroatoms. The van der Waals surface area contributed by atoms with E-state index in [1.165, 1.54) is 0 Å². The zero-order valence-corrected chi connectivity index (χ0v) is 11.2. The number of rotatable bonds is 2. The Morgan fingerprint density at radius 3 is 2.83 bits per heavy atom. The van der Waals surface area contributed by atoms with Crippen LogP contribution in [0, 0.1) is 6.92 Å². The third-order valence-electron chi connectivity index (χ3n) is 2.53. The average molecular weight is 276 g/mol. The topological polar surface area (TPSA) is 37.8 Å². The zero-order chi connectivity index (χ0) is 12.5. The van der Waals surface area contributed by atoms with Crippen molar-refractivity contribution in [2.24, 2.45) is 0 Å². The van der Waals surface area contributed by atoms with Gasteiger partial charge in [0.05, 0.1) is 27.1 Å². The average Bonchev–Trinajstić information content (AvgIpc) is 2.76. The maximum Gasteiger partial charge on any atom is 0.188 e. The molecule has 0 fully saturated rings. The van der Waals surface area contributed by atoms with Gasteiger partial charge in [-0.05, 0) is 31.2 Å². The number of aromatic nitrogens is 2. The van der Waals surface area contributed by atoms with E-state index in [-0.39, 0.29) is 0 Å². The van der Waals surface area contributed by atoms with Gasteiger partial charge in [0.15, 0.2) is 5.13 Å². The van der Waals surface area contributed by atoms with E-state index in [2.05, 4.69) is 15.3 Å². The minimum absolute atomic E-state index is 0.736. The first-order valence-corrected chi connectivity index (χ1v) is 6.66. The van der Waals surface area contributed by atoms with E-state index in [0.717, 1.165) is 31.8 Å². The highest BCUT2D eigenvalue weighted by atomic mass is 35.5. The molecular weight excluding hydrogens is 266 g/mol. The summed E-state index contributed by atoms with van der Waals surface area (Å²) in [5, 5.41) is 4.79. The number of fused-ring (bicyclic) bond motifs is 1. The Labute approximate surface area is 113 Å². The van der Waals surface area contributed by atoms with Crippen LogP contribution in [0.1, 0.15) is 5.69 Å². The summed E-state index contributed by atoms with van der Waals surface area (Å²) in [5.41, 5.74) is 2.83. The van der Waals surface area contributed by atoms with E-state index in [9.17, 15) is 0 Å². The second-order valence-electron chi connectivity index (χ2n) is 3.92. The molecule has 0 bridgehead atoms. The standard InChI is InChI=1S/C13H10ClN3S/c1-8-5-6-9(7-15-8)16-13-17-11-4-2-3-10(14)12(11)18-13/h2-7H,1H3,(H,16,17). The molecule has 1 aromatic carbocycles. The van der Waals surface area contributed by atoms with Gasteiger partial charge in [0.2, 0.25) is 0 Å². The van der Waals surface area contributed by atoms with Crippen LogP contribution in [-0.4, -0.2) is 9.97 Å². The molecule has 3 nitrogen and oxygen atoms in total. The predicted octanol–water partition coefficient (Wildman–Crippen LogP) is 4.40. The van der Waals surface area contributed by atoms with Gasteiger partial charge in [-0.15, -0.1) is 0 Å². The third-order valence-corrected chi connectivity index (χ3v) is 3.98. The van der Waals surface area contributed by atoms with Crippen molar-refractivity contribution in [3.05, 3.63) is 47.2 Å². The summed E-state index contributed by atoms with van der Waals surface area (Å²) in [6.07, 6.45) is 1.79. The van der Waals surface area contributed by atoms with Crippen LogP contribution in [0.2, 0.25) is 5.02 Å². The smallest absolute Gasteiger partial charge is 0.188 e. The number of benzene rings is 1. The third kappa shape index (κ3) is 2.17. The van der Waals surface area contributed by atoms with Crippen molar-refractivity contribution in [3.8, 4) is 0 Å². The van der Waals surface area contributed by atoms with Crippen molar-refractivity contribution >= 4 is 44.0 Å². The van der Waals surface area contributed by atoms with Gasteiger partial charge in [-0.1, -0.05) is 29.0 Å². The molecule has 0 spiro atoms. The molecule has 0 aliphatic rings. The highest BCUT2D eigenvalue weighted by Gasteiger charge is 2.06. The normalized spacial score (nSPS) is 10.8. The molecule has 0 unspecified atom stereocenters. The van der Waals surface area contributed by atoms with Gasteiger partial charge in [0.25, 0.3) is 0 Å². The first-order valence-electron chi connectivity index (χ1n) is 5.47. The predicted molar refractivity (Wildman–Crippen MR) is 76.9 cm³/mol. The molecule has 3 aromatic rings. The maximum atomic E-state index is 6.12. The van der Waals surface area contributed by atoms with Crippen LogP contribution >= 0.6 is 22.9 Å². The molecule has 0 amide bonds. The van der Waals surface area contributed by atoms with E-state index in [1.54, 1.807) is 17.5 Å². The van der Waals surface area contributed by atoms with Gasteiger partial charge in [-0.25, -0.2) is 4.98 Å². The summed E-state index contributed by atoms with van der Waals surface area (Å²) in [6.45, 7) is 1.96. The number of hydrogen-bond acceptors (Lipinski definition) is 4. The van der Waals surface area contributed by atoms with Crippen LogP contribution in [0.4, 0.5) is 10.8 Å². The van der Waals surface area contributed by atoms with Crippen LogP contribution in [0.15, 0.2) is 36.5 Å². The summed E-state index contributed by atoms with van der Waals surface area (Å²) in [4.78, 5) is 8.72. The summed E-state index contributed by atoms with van der Waals surface area (Å²) < 4.78 is 1.00. The summed E-state index contributed by atoms with van der Waals surface area (Å²) in [5.74, 6) is 0. The van der Waals surface area contributed by atoms with Crippen molar-refractivity contribution in [3.63, 3.8) is 0 Å². The Morgan fingerprint density at radius 1 is 1.22 bits per heavy atom. The number of thiazole rings is 1. The van der Waals surface area contributed by atoms with Gasteiger partial charge in [0, 0.05) is 5.69 Å². The van der Waals surface area contributed by atoms with Gasteiger partial charge in [0.1, 0.15) is 0 Å². The highest BCUT2D eigenvalue weighted by Crippen LogP contribution is 2.32. The van der Waals surface area contributed by atoms with E-state index in [1.807, 2.05) is 37.3 Å². The molecular formula is C13H10ClN3S. The monoisotopic (exact) mass is 275 g/mol. The number of anilines is 2. The summed E-state index contributed by atoms with van der Waals surface area (Å²) in [7, 11) is 0. The maximum absolute atomic E-state index is 6.12. The molecule has 0 aliphatic heterocycles. The Kier molecular flexibility index (Phi) is 2.89. The second-order valence-corrected chi connectivity index (χ2v) is 5.33. The number of nitrogens with zero attached hydrogens (tertiary/aromatic N) is 2. The molecule has 0 saturated heterocycles. The van der Waals surface area contributed by atoms with Gasteiger partial charge in [-0.3, -0.25) is 4.98 Å². The second kappa shape index (κ2) is 4.55. The first-order chi connectivity index (χ1) is 8.72. The van der Waals surface area contributed by atoms with Crippen molar-refractivity contribution in [1.29, 1.82) is 0 Å². The lowest BCUT2D eigenvalue weighted by atomic mass is 10.3. The minimum atomic E-state index is 0.736. The van der Waals surface area contributed by atoms with Crippen molar-refractivity contribution in [2.75, 3.05) is 5.32 Å². The van der Waals surface area contributed by atoms with Crippen molar-refractivity contribution in [1.82, 2.24) is 9.97 Å². The summed E-state index contributed by atoms with van der Waals surface area (Å²) >= 11 is 7.67. The fourth-order valence-corrected chi connectivity index (χ4v) is 2.81. The number of halogens is 1. The fourth-order valence-electron chi connectivity index (χ4n) is 1.63. The van der Waals surface area contributed by atoms with Crippen LogP contribution in [0.3, 0.4) is 0 Å². The molecule has 3 rings (SSSR count). The lowest BCUT2D eigenvalue weighted by Crippen LogP contribution is -1.90. The van der Waals surface area contributed by atoms with E-state index in [4.69, 9.17) is 11.6 Å². The van der Waals surface area contributed by atoms with Crippen LogP contribution in [0.25, 0.3) is 10.2 Å². The van der Waals surface area contributed by atoms with Crippen LogP contribution in [-0.2, 0) is 0 Å². The number of nitrogens with one attached hydrogen (secondary N) is 1. The number of aryl methyl sites for hydroxylation is 1. The fraction of sp³-hybridized carbons (Fsp3) is 0.0769. The molecule has 2 heterocycles. The molecule has 1 N–H and O–H groups in total. The molecule has 0 atom stereocenters. The van der Waals surface area contributed by atoms with Crippen LogP contribution < -0.4 is 5.32 Å². The molecule has 0 radical (unpaired) electrons. The lowest BCUT2D eigenvalue weighted by molar-refractivity contribution is 1.20. The molecule has 18 heavy (non-hydrogen) atoms. The number of pyridine rings is 1. The Balaban J connectivity index is 1.95. The summed E-state index contributed by atoms with van der Waals surface area (Å²) in [6, 6.07) is 9.68. The van der Waals surface area contributed by atoms with E-state index in [0.29, 0.717) is 0 Å². The Bertz CT molecular complexity index is 691. The number of hydrogen-bond donors (Lipinski definition) is 1. The molecule has 0 saturated carbocycles. The zero-order valence-electron chi connectivity index (χ0n) is 9.64. The largest absolute Gasteiger partial charge is 0.330 e. The van der Waals surface area contributed by atoms with Gasteiger partial charge < -0.3 is 5.32 Å². The highest BCUT2D eigenvalue weighted by molar-refractivity contribution is 7.22. The van der Waals surface area contributed by atoms with Crippen molar-refractivity contribution in [2.45, 2.75) is 6.92 Å². The van der Waals surface area contributed by atoms with Gasteiger partial charge >= 0.3 is 0 Å². The van der Waals surface area contributed by atoms with Crippen molar-refractivity contribution < 1.29 is 0 Å². The lowest BCUT2D eigenvalue weighted by Gasteiger charge is -2.01. The van der Waals surface area contributed by atoms with E-state index < -0.39 is 0 Å². The van der Waals surface area contributed by atoms with Gasteiger partial charge in [-0.2, -0.15) is 0 Å². The Hall–Kier alpha value is -1.65. The molecule has 90 valence electrons.